The van der Waals surface area contributed by atoms with E-state index >= 15 is 0 Å². The SMILES string of the molecule is COC(CNC(=O)C1CCN(c2ncccn2)CC1)OC. The van der Waals surface area contributed by atoms with Crippen LogP contribution in [0.25, 0.3) is 0 Å². The van der Waals surface area contributed by atoms with E-state index in [-0.39, 0.29) is 11.8 Å². The van der Waals surface area contributed by atoms with E-state index in [1.807, 2.05) is 0 Å². The Morgan fingerprint density at radius 1 is 1.33 bits per heavy atom. The van der Waals surface area contributed by atoms with Crippen LogP contribution in [0.5, 0.6) is 0 Å². The number of ether oxygens (including phenoxy) is 2. The first-order valence-corrected chi connectivity index (χ1v) is 7.10. The quantitative estimate of drug-likeness (QED) is 0.767. The maximum atomic E-state index is 12.1. The van der Waals surface area contributed by atoms with Crippen LogP contribution in [-0.4, -0.2) is 56.0 Å². The largest absolute Gasteiger partial charge is 0.354 e. The van der Waals surface area contributed by atoms with Crippen LogP contribution < -0.4 is 10.2 Å². The number of aromatic nitrogens is 2. The highest BCUT2D eigenvalue weighted by Crippen LogP contribution is 2.20. The molecule has 1 N–H and O–H groups in total. The van der Waals surface area contributed by atoms with E-state index in [0.717, 1.165) is 31.9 Å². The van der Waals surface area contributed by atoms with E-state index in [4.69, 9.17) is 9.47 Å². The normalized spacial score (nSPS) is 16.2. The van der Waals surface area contributed by atoms with E-state index in [9.17, 15) is 4.79 Å². The summed E-state index contributed by atoms with van der Waals surface area (Å²) in [6.45, 7) is 1.95. The number of hydrogen-bond donors (Lipinski definition) is 1. The van der Waals surface area contributed by atoms with Crippen LogP contribution in [0.15, 0.2) is 18.5 Å². The molecule has 7 nitrogen and oxygen atoms in total. The molecular weight excluding hydrogens is 272 g/mol. The van der Waals surface area contributed by atoms with Crippen LogP contribution in [-0.2, 0) is 14.3 Å². The molecule has 0 saturated carbocycles. The second-order valence-electron chi connectivity index (χ2n) is 4.96. The van der Waals surface area contributed by atoms with Gasteiger partial charge in [-0.3, -0.25) is 4.79 Å². The van der Waals surface area contributed by atoms with Crippen molar-refractivity contribution in [3.8, 4) is 0 Å². The molecule has 0 aliphatic carbocycles. The Morgan fingerprint density at radius 3 is 2.52 bits per heavy atom. The number of carbonyl (C=O) groups is 1. The number of anilines is 1. The number of methoxy groups -OCH3 is 2. The number of nitrogens with zero attached hydrogens (tertiary/aromatic N) is 3. The van der Waals surface area contributed by atoms with Crippen LogP contribution in [0.4, 0.5) is 5.95 Å². The van der Waals surface area contributed by atoms with Crippen molar-refractivity contribution in [3.63, 3.8) is 0 Å². The lowest BCUT2D eigenvalue weighted by Gasteiger charge is -2.31. The van der Waals surface area contributed by atoms with Crippen molar-refractivity contribution in [2.75, 3.05) is 38.8 Å². The highest BCUT2D eigenvalue weighted by Gasteiger charge is 2.26. The van der Waals surface area contributed by atoms with Gasteiger partial charge in [0.15, 0.2) is 6.29 Å². The van der Waals surface area contributed by atoms with Gasteiger partial charge in [0.05, 0.1) is 6.54 Å². The number of piperidine rings is 1. The number of hydrogen-bond acceptors (Lipinski definition) is 6. The summed E-state index contributed by atoms with van der Waals surface area (Å²) in [5.74, 6) is 0.817. The summed E-state index contributed by atoms with van der Waals surface area (Å²) in [5.41, 5.74) is 0. The average molecular weight is 294 g/mol. The Morgan fingerprint density at radius 2 is 1.95 bits per heavy atom. The van der Waals surface area contributed by atoms with E-state index in [2.05, 4.69) is 20.2 Å². The fraction of sp³-hybridized carbons (Fsp3) is 0.643. The molecule has 0 radical (unpaired) electrons. The van der Waals surface area contributed by atoms with Gasteiger partial charge in [-0.05, 0) is 18.9 Å². The Bertz CT molecular complexity index is 431. The molecule has 1 amide bonds. The van der Waals surface area contributed by atoms with Gasteiger partial charge in [-0.15, -0.1) is 0 Å². The summed E-state index contributed by atoms with van der Waals surface area (Å²) in [7, 11) is 3.11. The first-order valence-electron chi connectivity index (χ1n) is 7.10. The minimum atomic E-state index is -0.397. The van der Waals surface area contributed by atoms with Gasteiger partial charge in [0.25, 0.3) is 0 Å². The van der Waals surface area contributed by atoms with Crippen LogP contribution in [0.2, 0.25) is 0 Å². The lowest BCUT2D eigenvalue weighted by molar-refractivity contribution is -0.131. The van der Waals surface area contributed by atoms with E-state index < -0.39 is 6.29 Å². The molecule has 0 bridgehead atoms. The molecule has 1 fully saturated rings. The molecule has 2 heterocycles. The second-order valence-corrected chi connectivity index (χ2v) is 4.96. The molecule has 1 aromatic heterocycles. The predicted molar refractivity (Wildman–Crippen MR) is 77.8 cm³/mol. The van der Waals surface area contributed by atoms with Crippen molar-refractivity contribution in [2.45, 2.75) is 19.1 Å². The van der Waals surface area contributed by atoms with Crippen LogP contribution in [0.3, 0.4) is 0 Å². The third-order valence-corrected chi connectivity index (χ3v) is 3.67. The van der Waals surface area contributed by atoms with Crippen molar-refractivity contribution in [1.82, 2.24) is 15.3 Å². The van der Waals surface area contributed by atoms with E-state index in [1.165, 1.54) is 0 Å². The lowest BCUT2D eigenvalue weighted by atomic mass is 9.96. The Labute approximate surface area is 124 Å². The minimum Gasteiger partial charge on any atom is -0.354 e. The maximum absolute atomic E-state index is 12.1. The summed E-state index contributed by atoms with van der Waals surface area (Å²) < 4.78 is 10.1. The fourth-order valence-corrected chi connectivity index (χ4v) is 2.39. The molecule has 1 saturated heterocycles. The van der Waals surface area contributed by atoms with Crippen LogP contribution in [0.1, 0.15) is 12.8 Å². The molecule has 1 aromatic rings. The first-order chi connectivity index (χ1) is 10.2. The monoisotopic (exact) mass is 294 g/mol. The summed E-state index contributed by atoms with van der Waals surface area (Å²) in [6, 6.07) is 1.80. The molecule has 0 spiro atoms. The van der Waals surface area contributed by atoms with Crippen LogP contribution >= 0.6 is 0 Å². The van der Waals surface area contributed by atoms with Crippen molar-refractivity contribution in [1.29, 1.82) is 0 Å². The smallest absolute Gasteiger partial charge is 0.225 e. The standard InChI is InChI=1S/C14H22N4O3/c1-20-12(21-2)10-17-13(19)11-4-8-18(9-5-11)14-15-6-3-7-16-14/h3,6-7,11-12H,4-5,8-10H2,1-2H3,(H,17,19). The number of rotatable bonds is 6. The predicted octanol–water partition coefficient (Wildman–Crippen LogP) is 0.428. The molecular formula is C14H22N4O3. The van der Waals surface area contributed by atoms with Crippen molar-refractivity contribution < 1.29 is 14.3 Å². The van der Waals surface area contributed by atoms with Gasteiger partial charge < -0.3 is 19.7 Å². The molecule has 0 unspecified atom stereocenters. The summed E-state index contributed by atoms with van der Waals surface area (Å²) in [6.07, 6.45) is 4.67. The van der Waals surface area contributed by atoms with Gasteiger partial charge >= 0.3 is 0 Å². The van der Waals surface area contributed by atoms with E-state index in [1.54, 1.807) is 32.7 Å². The molecule has 0 aromatic carbocycles. The molecule has 1 aliphatic heterocycles. The Kier molecular flexibility index (Phi) is 5.89. The fourth-order valence-electron chi connectivity index (χ4n) is 2.39. The molecule has 116 valence electrons. The van der Waals surface area contributed by atoms with Gasteiger partial charge in [0.1, 0.15) is 0 Å². The number of nitrogens with one attached hydrogen (secondary N) is 1. The Hall–Kier alpha value is -1.73. The highest BCUT2D eigenvalue weighted by atomic mass is 16.7. The maximum Gasteiger partial charge on any atom is 0.225 e. The summed E-state index contributed by atoms with van der Waals surface area (Å²) >= 11 is 0. The molecule has 7 heteroatoms. The Balaban J connectivity index is 1.77. The van der Waals surface area contributed by atoms with Gasteiger partial charge in [-0.1, -0.05) is 0 Å². The first kappa shape index (κ1) is 15.7. The summed E-state index contributed by atoms with van der Waals surface area (Å²) in [4.78, 5) is 22.7. The van der Waals surface area contributed by atoms with Crippen molar-refractivity contribution in [2.24, 2.45) is 5.92 Å². The topological polar surface area (TPSA) is 76.6 Å². The van der Waals surface area contributed by atoms with Gasteiger partial charge in [0, 0.05) is 45.6 Å². The van der Waals surface area contributed by atoms with Gasteiger partial charge in [0.2, 0.25) is 11.9 Å². The molecule has 1 aliphatic rings. The van der Waals surface area contributed by atoms with Crippen LogP contribution in [0, 0.1) is 5.92 Å². The molecule has 2 rings (SSSR count). The zero-order valence-corrected chi connectivity index (χ0v) is 12.5. The zero-order valence-electron chi connectivity index (χ0n) is 12.5. The number of carbonyl (C=O) groups excluding carboxylic acids is 1. The number of amides is 1. The van der Waals surface area contributed by atoms with Crippen molar-refractivity contribution >= 4 is 11.9 Å². The molecule has 21 heavy (non-hydrogen) atoms. The van der Waals surface area contributed by atoms with Gasteiger partial charge in [-0.2, -0.15) is 0 Å². The van der Waals surface area contributed by atoms with Crippen molar-refractivity contribution in [3.05, 3.63) is 18.5 Å². The van der Waals surface area contributed by atoms with Gasteiger partial charge in [-0.25, -0.2) is 9.97 Å². The average Bonchev–Trinajstić information content (AvgIpc) is 2.56. The second kappa shape index (κ2) is 7.90. The van der Waals surface area contributed by atoms with E-state index in [0.29, 0.717) is 6.54 Å². The molecule has 0 atom stereocenters. The lowest BCUT2D eigenvalue weighted by Crippen LogP contribution is -2.43. The third kappa shape index (κ3) is 4.37. The minimum absolute atomic E-state index is 0.0272. The zero-order chi connectivity index (χ0) is 15.1. The summed E-state index contributed by atoms with van der Waals surface area (Å²) in [5, 5.41) is 2.87. The third-order valence-electron chi connectivity index (χ3n) is 3.67. The highest BCUT2D eigenvalue weighted by molar-refractivity contribution is 5.78.